The smallest absolute Gasteiger partial charge is 0.371 e. The Morgan fingerprint density at radius 2 is 1.76 bits per heavy atom. The average molecular weight is 567 g/mol. The zero-order chi connectivity index (χ0) is 29.9. The Balaban J connectivity index is 0.000000515. The molecule has 2 aromatic carbocycles. The van der Waals surface area contributed by atoms with E-state index in [0.29, 0.717) is 24.5 Å². The monoisotopic (exact) mass is 566 g/mol. The number of nitrogens with zero attached hydrogens (tertiary/aromatic N) is 3. The molecule has 13 heteroatoms. The number of nitrogens with two attached hydrogens (primary N) is 2. The first-order valence-corrected chi connectivity index (χ1v) is 12.9. The fourth-order valence-corrected chi connectivity index (χ4v) is 4.04. The maximum absolute atomic E-state index is 13.0. The fraction of sp³-hybridized carbons (Fsp3) is 0.286. The topological polar surface area (TPSA) is 220 Å². The number of aryl methyl sites for hydroxylation is 2. The van der Waals surface area contributed by atoms with Gasteiger partial charge in [-0.2, -0.15) is 15.2 Å². The summed E-state index contributed by atoms with van der Waals surface area (Å²) in [6, 6.07) is 13.5. The first-order chi connectivity index (χ1) is 19.7. The average Bonchev–Trinajstić information content (AvgIpc) is 3.72. The molecule has 218 valence electrons. The van der Waals surface area contributed by atoms with Crippen molar-refractivity contribution in [1.82, 2.24) is 0 Å². The van der Waals surface area contributed by atoms with Crippen LogP contribution in [0.4, 0.5) is 11.4 Å². The molecule has 0 saturated heterocycles. The van der Waals surface area contributed by atoms with Crippen LogP contribution in [0.15, 0.2) is 63.2 Å². The van der Waals surface area contributed by atoms with Crippen molar-refractivity contribution >= 4 is 34.7 Å². The molecule has 41 heavy (non-hydrogen) atoms. The SMILES string of the molecule is CC1=NN(c2ccc3c(c2)CCC3)C(=O)C1=NNc1cccc(-c2ccc(C(=O)O)o2)c1O.NCCO.NCCO. The largest absolute Gasteiger partial charge is 0.505 e. The number of phenols is 1. The summed E-state index contributed by atoms with van der Waals surface area (Å²) in [6.45, 7) is 2.64. The number of hydrogen-bond donors (Lipinski definition) is 7. The molecule has 3 aromatic rings. The van der Waals surface area contributed by atoms with Gasteiger partial charge in [0, 0.05) is 13.1 Å². The Morgan fingerprint density at radius 1 is 1.07 bits per heavy atom. The first kappa shape index (κ1) is 31.0. The van der Waals surface area contributed by atoms with Crippen molar-refractivity contribution in [2.45, 2.75) is 26.2 Å². The summed E-state index contributed by atoms with van der Waals surface area (Å²) >= 11 is 0. The molecule has 1 aromatic heterocycles. The molecule has 9 N–H and O–H groups in total. The van der Waals surface area contributed by atoms with Crippen molar-refractivity contribution in [2.24, 2.45) is 21.7 Å². The number of aliphatic hydroxyl groups excluding tert-OH is 2. The highest BCUT2D eigenvalue weighted by molar-refractivity contribution is 6.71. The van der Waals surface area contributed by atoms with Gasteiger partial charge < -0.3 is 36.3 Å². The zero-order valence-electron chi connectivity index (χ0n) is 22.6. The van der Waals surface area contributed by atoms with Crippen molar-refractivity contribution in [2.75, 3.05) is 36.7 Å². The second kappa shape index (κ2) is 14.7. The highest BCUT2D eigenvalue weighted by atomic mass is 16.4. The van der Waals surface area contributed by atoms with Crippen LogP contribution in [0.5, 0.6) is 5.75 Å². The van der Waals surface area contributed by atoms with Crippen LogP contribution >= 0.6 is 0 Å². The number of nitrogens with one attached hydrogen (secondary N) is 1. The molecule has 2 heterocycles. The number of aliphatic hydroxyl groups is 2. The number of anilines is 2. The highest BCUT2D eigenvalue weighted by Gasteiger charge is 2.31. The van der Waals surface area contributed by atoms with E-state index in [-0.39, 0.29) is 53.4 Å². The van der Waals surface area contributed by atoms with Gasteiger partial charge in [0.1, 0.15) is 5.76 Å². The molecule has 0 spiro atoms. The third kappa shape index (κ3) is 7.55. The Bertz CT molecular complexity index is 1430. The molecule has 0 radical (unpaired) electrons. The van der Waals surface area contributed by atoms with Crippen LogP contribution in [0.25, 0.3) is 11.3 Å². The van der Waals surface area contributed by atoms with Crippen LogP contribution in [0.2, 0.25) is 0 Å². The number of carboxylic acid groups (broad SMARTS) is 1. The summed E-state index contributed by atoms with van der Waals surface area (Å²) in [4.78, 5) is 24.0. The number of phenolic OH excluding ortho intramolecular Hbond substituents is 1. The Labute approximate surface area is 236 Å². The van der Waals surface area contributed by atoms with E-state index in [2.05, 4.69) is 15.6 Å². The van der Waals surface area contributed by atoms with E-state index < -0.39 is 5.97 Å². The summed E-state index contributed by atoms with van der Waals surface area (Å²) in [5.41, 5.74) is 16.6. The summed E-state index contributed by atoms with van der Waals surface area (Å²) in [5.74, 6) is -1.81. The summed E-state index contributed by atoms with van der Waals surface area (Å²) in [7, 11) is 0. The van der Waals surface area contributed by atoms with E-state index in [1.807, 2.05) is 18.2 Å². The molecule has 13 nitrogen and oxygen atoms in total. The number of hydrazone groups is 2. The molecule has 0 atom stereocenters. The van der Waals surface area contributed by atoms with Gasteiger partial charge in [-0.3, -0.25) is 10.2 Å². The van der Waals surface area contributed by atoms with Crippen LogP contribution in [0.3, 0.4) is 0 Å². The van der Waals surface area contributed by atoms with Gasteiger partial charge in [-0.25, -0.2) is 4.79 Å². The zero-order valence-corrected chi connectivity index (χ0v) is 22.6. The Kier molecular flexibility index (Phi) is 11.1. The standard InChI is InChI=1S/C24H20N4O5.2C2H7NO/c1-13-21(23(30)28(27-13)16-9-8-14-4-2-5-15(14)12-16)26-25-18-7-3-6-17(22(18)29)19-10-11-20(33-19)24(31)32;2*3-1-2-4/h3,6-12,25,29H,2,4-5H2,1H3,(H,31,32);2*4H,1-3H2. The second-order valence-corrected chi connectivity index (χ2v) is 8.88. The fourth-order valence-electron chi connectivity index (χ4n) is 4.04. The molecule has 0 saturated carbocycles. The minimum Gasteiger partial charge on any atom is -0.505 e. The van der Waals surface area contributed by atoms with Crippen LogP contribution in [0, 0.1) is 0 Å². The number of para-hydroxylation sites is 1. The number of carbonyl (C=O) groups is 2. The minimum absolute atomic E-state index is 0.0972. The molecule has 2 aliphatic rings. The number of benzene rings is 2. The number of hydrogen-bond acceptors (Lipinski definition) is 11. The molecule has 0 fully saturated rings. The third-order valence-corrected chi connectivity index (χ3v) is 5.98. The van der Waals surface area contributed by atoms with Gasteiger partial charge in [0.2, 0.25) is 5.76 Å². The van der Waals surface area contributed by atoms with Gasteiger partial charge in [0.05, 0.1) is 35.9 Å². The number of aromatic hydroxyl groups is 1. The number of carbonyl (C=O) groups excluding carboxylic acids is 1. The van der Waals surface area contributed by atoms with Crippen molar-refractivity contribution in [3.63, 3.8) is 0 Å². The van der Waals surface area contributed by atoms with E-state index in [4.69, 9.17) is 31.2 Å². The molecular weight excluding hydrogens is 532 g/mol. The van der Waals surface area contributed by atoms with Gasteiger partial charge >= 0.3 is 11.9 Å². The molecule has 0 bridgehead atoms. The summed E-state index contributed by atoms with van der Waals surface area (Å²) < 4.78 is 5.27. The maximum atomic E-state index is 13.0. The number of rotatable bonds is 7. The maximum Gasteiger partial charge on any atom is 0.371 e. The van der Waals surface area contributed by atoms with Gasteiger partial charge in [-0.15, -0.1) is 0 Å². The Hall–Kier alpha value is -4.56. The van der Waals surface area contributed by atoms with Crippen LogP contribution in [-0.2, 0) is 17.6 Å². The van der Waals surface area contributed by atoms with E-state index in [1.165, 1.54) is 28.3 Å². The second-order valence-electron chi connectivity index (χ2n) is 8.88. The lowest BCUT2D eigenvalue weighted by Crippen LogP contribution is -2.28. The van der Waals surface area contributed by atoms with Gasteiger partial charge in [-0.1, -0.05) is 12.1 Å². The van der Waals surface area contributed by atoms with E-state index >= 15 is 0 Å². The lowest BCUT2D eigenvalue weighted by Gasteiger charge is -2.13. The molecule has 1 aliphatic carbocycles. The normalized spacial score (nSPS) is 14.6. The molecule has 5 rings (SSSR count). The van der Waals surface area contributed by atoms with Gasteiger partial charge in [-0.05, 0) is 73.7 Å². The van der Waals surface area contributed by atoms with Gasteiger partial charge in [0.25, 0.3) is 0 Å². The number of amides is 1. The molecule has 1 aliphatic heterocycles. The highest BCUT2D eigenvalue weighted by Crippen LogP contribution is 2.36. The van der Waals surface area contributed by atoms with Crippen molar-refractivity contribution < 1.29 is 34.4 Å². The number of aromatic carboxylic acids is 1. The van der Waals surface area contributed by atoms with Gasteiger partial charge in [0.15, 0.2) is 11.5 Å². The first-order valence-electron chi connectivity index (χ1n) is 12.9. The van der Waals surface area contributed by atoms with Crippen molar-refractivity contribution in [3.8, 4) is 17.1 Å². The van der Waals surface area contributed by atoms with Crippen LogP contribution in [0.1, 0.15) is 35.0 Å². The number of carboxylic acids is 1. The van der Waals surface area contributed by atoms with Crippen LogP contribution < -0.4 is 21.9 Å². The minimum atomic E-state index is -1.20. The third-order valence-electron chi connectivity index (χ3n) is 5.98. The molecule has 0 unspecified atom stereocenters. The predicted octanol–water partition coefficient (Wildman–Crippen LogP) is 1.90. The Morgan fingerprint density at radius 3 is 2.39 bits per heavy atom. The van der Waals surface area contributed by atoms with E-state index in [0.717, 1.165) is 19.3 Å². The lowest BCUT2D eigenvalue weighted by molar-refractivity contribution is -0.112. The number of furan rings is 1. The van der Waals surface area contributed by atoms with Crippen LogP contribution in [-0.4, -0.2) is 70.0 Å². The van der Waals surface area contributed by atoms with Crippen molar-refractivity contribution in [3.05, 3.63) is 65.4 Å². The summed E-state index contributed by atoms with van der Waals surface area (Å²) in [5, 5.41) is 45.1. The molecule has 1 amide bonds. The molecular formula is C28H34N6O7. The number of fused-ring (bicyclic) bond motifs is 1. The lowest BCUT2D eigenvalue weighted by atomic mass is 10.1. The van der Waals surface area contributed by atoms with Crippen molar-refractivity contribution in [1.29, 1.82) is 0 Å². The van der Waals surface area contributed by atoms with E-state index in [9.17, 15) is 14.7 Å². The van der Waals surface area contributed by atoms with E-state index in [1.54, 1.807) is 25.1 Å². The predicted molar refractivity (Wildman–Crippen MR) is 155 cm³/mol. The quantitative estimate of drug-likeness (QED) is 0.163. The summed E-state index contributed by atoms with van der Waals surface area (Å²) in [6.07, 6.45) is 3.17.